The molecule has 0 spiro atoms. The van der Waals surface area contributed by atoms with Crippen molar-refractivity contribution in [3.8, 4) is 0 Å². The normalized spacial score (nSPS) is 18.5. The van der Waals surface area contributed by atoms with Crippen LogP contribution in [0.1, 0.15) is 43.6 Å². The molecule has 0 radical (unpaired) electrons. The Morgan fingerprint density at radius 2 is 2.12 bits per heavy atom. The predicted molar refractivity (Wildman–Crippen MR) is 85.1 cm³/mol. The van der Waals surface area contributed by atoms with Gasteiger partial charge in [0.2, 0.25) is 5.91 Å². The van der Waals surface area contributed by atoms with Gasteiger partial charge in [-0.3, -0.25) is 14.6 Å². The molecule has 1 unspecified atom stereocenters. The summed E-state index contributed by atoms with van der Waals surface area (Å²) in [6, 6.07) is -1.60. The van der Waals surface area contributed by atoms with Gasteiger partial charge in [-0.1, -0.05) is 13.8 Å². The monoisotopic (exact) mass is 334 g/mol. The highest BCUT2D eigenvalue weighted by molar-refractivity contribution is 5.96. The summed E-state index contributed by atoms with van der Waals surface area (Å²) in [5.74, 6) is -1.70. The highest BCUT2D eigenvalue weighted by Gasteiger charge is 2.37. The Bertz CT molecular complexity index is 605. The Balaban J connectivity index is 2.14. The van der Waals surface area contributed by atoms with Crippen molar-refractivity contribution in [2.24, 2.45) is 5.92 Å². The summed E-state index contributed by atoms with van der Waals surface area (Å²) in [5.41, 5.74) is 0.121. The van der Waals surface area contributed by atoms with Crippen molar-refractivity contribution in [2.75, 3.05) is 6.54 Å². The first-order valence-corrected chi connectivity index (χ1v) is 8.00. The molecular weight excluding hydrogens is 312 g/mol. The molecule has 0 aromatic carbocycles. The lowest BCUT2D eigenvalue weighted by atomic mass is 10.0. The van der Waals surface area contributed by atoms with Gasteiger partial charge in [-0.15, -0.1) is 0 Å². The molecule has 130 valence electrons. The minimum absolute atomic E-state index is 0.121. The lowest BCUT2D eigenvalue weighted by molar-refractivity contribution is -0.149. The smallest absolute Gasteiger partial charge is 0.326 e. The van der Waals surface area contributed by atoms with E-state index in [2.05, 4.69) is 15.3 Å². The first-order valence-electron chi connectivity index (χ1n) is 8.00. The number of carboxylic acid groups (broad SMARTS) is 1. The Morgan fingerprint density at radius 1 is 1.38 bits per heavy atom. The van der Waals surface area contributed by atoms with Crippen LogP contribution in [0.2, 0.25) is 0 Å². The molecule has 1 aromatic rings. The van der Waals surface area contributed by atoms with E-state index in [1.165, 1.54) is 23.5 Å². The molecule has 0 aliphatic carbocycles. The highest BCUT2D eigenvalue weighted by atomic mass is 16.4. The van der Waals surface area contributed by atoms with Crippen molar-refractivity contribution in [3.63, 3.8) is 0 Å². The zero-order chi connectivity index (χ0) is 17.7. The maximum Gasteiger partial charge on any atom is 0.326 e. The molecule has 1 saturated heterocycles. The predicted octanol–water partition coefficient (Wildman–Crippen LogP) is 0.697. The SMILES string of the molecule is CC(C)CC(NC(=O)c1cnccn1)C(=O)N1CCC[C@H]1C(=O)O. The summed E-state index contributed by atoms with van der Waals surface area (Å²) in [6.07, 6.45) is 5.68. The molecule has 8 nitrogen and oxygen atoms in total. The van der Waals surface area contributed by atoms with Crippen LogP contribution in [0, 0.1) is 5.92 Å². The second-order valence-electron chi connectivity index (χ2n) is 6.27. The zero-order valence-corrected chi connectivity index (χ0v) is 13.8. The minimum Gasteiger partial charge on any atom is -0.480 e. The Hall–Kier alpha value is -2.51. The first-order chi connectivity index (χ1) is 11.4. The number of aromatic nitrogens is 2. The topological polar surface area (TPSA) is 112 Å². The van der Waals surface area contributed by atoms with E-state index in [1.54, 1.807) is 0 Å². The largest absolute Gasteiger partial charge is 0.480 e. The summed E-state index contributed by atoms with van der Waals surface area (Å²) >= 11 is 0. The fourth-order valence-electron chi connectivity index (χ4n) is 2.83. The van der Waals surface area contributed by atoms with Gasteiger partial charge in [0.05, 0.1) is 6.20 Å². The van der Waals surface area contributed by atoms with Gasteiger partial charge in [-0.2, -0.15) is 0 Å². The van der Waals surface area contributed by atoms with Crippen molar-refractivity contribution in [2.45, 2.75) is 45.2 Å². The number of carbonyl (C=O) groups is 3. The molecule has 0 bridgehead atoms. The molecule has 1 aliphatic rings. The van der Waals surface area contributed by atoms with Crippen LogP contribution < -0.4 is 5.32 Å². The number of carboxylic acids is 1. The Labute approximate surface area is 140 Å². The van der Waals surface area contributed by atoms with Crippen molar-refractivity contribution in [1.82, 2.24) is 20.2 Å². The minimum atomic E-state index is -1.01. The number of rotatable bonds is 6. The molecular formula is C16H22N4O4. The third-order valence-corrected chi connectivity index (χ3v) is 3.93. The molecule has 1 fully saturated rings. The van der Waals surface area contributed by atoms with Crippen molar-refractivity contribution < 1.29 is 19.5 Å². The average molecular weight is 334 g/mol. The third kappa shape index (κ3) is 4.27. The van der Waals surface area contributed by atoms with Crippen LogP contribution in [0.25, 0.3) is 0 Å². The standard InChI is InChI=1S/C16H22N4O4/c1-10(2)8-11(19-14(21)12-9-17-5-6-18-12)15(22)20-7-3-4-13(20)16(23)24/h5-6,9-11,13H,3-4,7-8H2,1-2H3,(H,19,21)(H,23,24)/t11?,13-/m0/s1. The van der Waals surface area contributed by atoms with Gasteiger partial charge in [-0.05, 0) is 25.2 Å². The second-order valence-corrected chi connectivity index (χ2v) is 6.27. The number of nitrogens with one attached hydrogen (secondary N) is 1. The summed E-state index contributed by atoms with van der Waals surface area (Å²) in [5, 5.41) is 11.9. The number of aliphatic carboxylic acids is 1. The Morgan fingerprint density at radius 3 is 2.71 bits per heavy atom. The number of hydrogen-bond donors (Lipinski definition) is 2. The fourth-order valence-corrected chi connectivity index (χ4v) is 2.83. The van der Waals surface area contributed by atoms with E-state index in [9.17, 15) is 19.5 Å². The molecule has 2 rings (SSSR count). The summed E-state index contributed by atoms with van der Waals surface area (Å²) in [6.45, 7) is 4.27. The van der Waals surface area contributed by atoms with Crippen molar-refractivity contribution in [3.05, 3.63) is 24.3 Å². The molecule has 2 heterocycles. The van der Waals surface area contributed by atoms with E-state index in [-0.39, 0.29) is 17.5 Å². The Kier molecular flexibility index (Phi) is 5.83. The molecule has 1 aliphatic heterocycles. The fraction of sp³-hybridized carbons (Fsp3) is 0.562. The quantitative estimate of drug-likeness (QED) is 0.792. The molecule has 2 amide bonds. The van der Waals surface area contributed by atoms with Gasteiger partial charge >= 0.3 is 5.97 Å². The van der Waals surface area contributed by atoms with E-state index in [0.29, 0.717) is 25.8 Å². The first kappa shape index (κ1) is 17.8. The number of hydrogen-bond acceptors (Lipinski definition) is 5. The number of nitrogens with zero attached hydrogens (tertiary/aromatic N) is 3. The van der Waals surface area contributed by atoms with Crippen molar-refractivity contribution in [1.29, 1.82) is 0 Å². The van der Waals surface area contributed by atoms with E-state index < -0.39 is 24.0 Å². The van der Waals surface area contributed by atoms with E-state index >= 15 is 0 Å². The maximum absolute atomic E-state index is 12.8. The van der Waals surface area contributed by atoms with Crippen LogP contribution in [0.3, 0.4) is 0 Å². The lowest BCUT2D eigenvalue weighted by Gasteiger charge is -2.28. The van der Waals surface area contributed by atoms with Gasteiger partial charge in [0, 0.05) is 18.9 Å². The molecule has 2 N–H and O–H groups in total. The number of likely N-dealkylation sites (tertiary alicyclic amines) is 1. The van der Waals surface area contributed by atoms with Crippen LogP contribution in [0.4, 0.5) is 0 Å². The van der Waals surface area contributed by atoms with Crippen LogP contribution in [-0.4, -0.2) is 56.4 Å². The summed E-state index contributed by atoms with van der Waals surface area (Å²) in [4.78, 5) is 45.5. The van der Waals surface area contributed by atoms with Crippen LogP contribution in [-0.2, 0) is 9.59 Å². The average Bonchev–Trinajstić information content (AvgIpc) is 3.03. The van der Waals surface area contributed by atoms with Gasteiger partial charge in [0.1, 0.15) is 17.8 Å². The lowest BCUT2D eigenvalue weighted by Crippen LogP contribution is -2.52. The summed E-state index contributed by atoms with van der Waals surface area (Å²) in [7, 11) is 0. The molecule has 1 aromatic heterocycles. The van der Waals surface area contributed by atoms with E-state index in [4.69, 9.17) is 0 Å². The third-order valence-electron chi connectivity index (χ3n) is 3.93. The van der Waals surface area contributed by atoms with Crippen molar-refractivity contribution >= 4 is 17.8 Å². The van der Waals surface area contributed by atoms with Gasteiger partial charge < -0.3 is 15.3 Å². The van der Waals surface area contributed by atoms with Gasteiger partial charge in [0.15, 0.2) is 0 Å². The number of carbonyl (C=O) groups excluding carboxylic acids is 2. The molecule has 0 saturated carbocycles. The van der Waals surface area contributed by atoms with E-state index in [1.807, 2.05) is 13.8 Å². The second kappa shape index (κ2) is 7.85. The maximum atomic E-state index is 12.8. The zero-order valence-electron chi connectivity index (χ0n) is 13.8. The number of amides is 2. The summed E-state index contributed by atoms with van der Waals surface area (Å²) < 4.78 is 0. The molecule has 2 atom stereocenters. The van der Waals surface area contributed by atoms with Gasteiger partial charge in [0.25, 0.3) is 5.91 Å². The highest BCUT2D eigenvalue weighted by Crippen LogP contribution is 2.20. The van der Waals surface area contributed by atoms with Crippen LogP contribution >= 0.6 is 0 Å². The van der Waals surface area contributed by atoms with Crippen LogP contribution in [0.5, 0.6) is 0 Å². The van der Waals surface area contributed by atoms with E-state index in [0.717, 1.165) is 0 Å². The molecule has 24 heavy (non-hydrogen) atoms. The molecule has 8 heteroatoms. The van der Waals surface area contributed by atoms with Gasteiger partial charge in [-0.25, -0.2) is 9.78 Å². The van der Waals surface area contributed by atoms with Crippen LogP contribution in [0.15, 0.2) is 18.6 Å².